The van der Waals surface area contributed by atoms with Crippen molar-refractivity contribution in [2.45, 2.75) is 6.92 Å². The summed E-state index contributed by atoms with van der Waals surface area (Å²) in [6.07, 6.45) is 1.90. The van der Waals surface area contributed by atoms with Gasteiger partial charge in [-0.15, -0.1) is 0 Å². The summed E-state index contributed by atoms with van der Waals surface area (Å²) in [6, 6.07) is 13.0. The van der Waals surface area contributed by atoms with Crippen molar-refractivity contribution < 1.29 is 9.90 Å². The van der Waals surface area contributed by atoms with Crippen LogP contribution in [0.5, 0.6) is 0 Å². The number of benzene rings is 1. The molecular weight excluding hydrogens is 266 g/mol. The molecule has 0 atom stereocenters. The van der Waals surface area contributed by atoms with Crippen LogP contribution in [-0.4, -0.2) is 25.4 Å². The van der Waals surface area contributed by atoms with Gasteiger partial charge < -0.3 is 9.67 Å². The van der Waals surface area contributed by atoms with E-state index < -0.39 is 5.97 Å². The Balaban J connectivity index is 2.16. The van der Waals surface area contributed by atoms with Crippen molar-refractivity contribution in [2.24, 2.45) is 7.05 Å². The van der Waals surface area contributed by atoms with E-state index in [0.717, 1.165) is 16.9 Å². The van der Waals surface area contributed by atoms with Gasteiger partial charge in [0, 0.05) is 19.3 Å². The van der Waals surface area contributed by atoms with Crippen LogP contribution in [0.15, 0.2) is 48.7 Å². The number of carboxylic acids is 1. The topological polar surface area (TPSA) is 60.0 Å². The van der Waals surface area contributed by atoms with Crippen LogP contribution in [-0.2, 0) is 7.05 Å². The maximum Gasteiger partial charge on any atom is 0.354 e. The van der Waals surface area contributed by atoms with Gasteiger partial charge in [-0.1, -0.05) is 17.7 Å². The van der Waals surface area contributed by atoms with Crippen LogP contribution >= 0.6 is 0 Å². The van der Waals surface area contributed by atoms with E-state index in [1.54, 1.807) is 6.07 Å². The highest BCUT2D eigenvalue weighted by molar-refractivity contribution is 5.88. The van der Waals surface area contributed by atoms with Crippen molar-refractivity contribution >= 4 is 5.97 Å². The molecule has 1 aromatic carbocycles. The van der Waals surface area contributed by atoms with Gasteiger partial charge in [0.2, 0.25) is 0 Å². The zero-order valence-corrected chi connectivity index (χ0v) is 11.8. The molecule has 0 unspecified atom stereocenters. The number of aromatic nitrogens is 3. The first-order valence-electron chi connectivity index (χ1n) is 6.58. The maximum atomic E-state index is 11.5. The zero-order chi connectivity index (χ0) is 15.0. The molecule has 0 aliphatic rings. The summed E-state index contributed by atoms with van der Waals surface area (Å²) in [7, 11) is 1.90. The summed E-state index contributed by atoms with van der Waals surface area (Å²) >= 11 is 0. The minimum absolute atomic E-state index is 0.148. The molecule has 5 heteroatoms. The molecule has 5 nitrogen and oxygen atoms in total. The van der Waals surface area contributed by atoms with Crippen molar-refractivity contribution in [1.82, 2.24) is 14.3 Å². The van der Waals surface area contributed by atoms with E-state index in [1.165, 1.54) is 4.68 Å². The highest BCUT2D eigenvalue weighted by Crippen LogP contribution is 2.22. The number of hydrogen-bond acceptors (Lipinski definition) is 2. The lowest BCUT2D eigenvalue weighted by Gasteiger charge is -2.04. The van der Waals surface area contributed by atoms with Crippen LogP contribution in [0.3, 0.4) is 0 Å². The van der Waals surface area contributed by atoms with Gasteiger partial charge in [-0.25, -0.2) is 9.48 Å². The first-order valence-corrected chi connectivity index (χ1v) is 6.58. The molecule has 106 valence electrons. The van der Waals surface area contributed by atoms with Crippen LogP contribution in [0.25, 0.3) is 17.1 Å². The van der Waals surface area contributed by atoms with E-state index in [2.05, 4.69) is 5.10 Å². The van der Waals surface area contributed by atoms with Crippen molar-refractivity contribution in [2.75, 3.05) is 0 Å². The Morgan fingerprint density at radius 3 is 2.48 bits per heavy atom. The molecule has 0 aliphatic heterocycles. The van der Waals surface area contributed by atoms with Gasteiger partial charge in [0.1, 0.15) is 5.69 Å². The average molecular weight is 281 g/mol. The van der Waals surface area contributed by atoms with Crippen LogP contribution in [0.1, 0.15) is 16.1 Å². The maximum absolute atomic E-state index is 11.5. The Labute approximate surface area is 122 Å². The highest BCUT2D eigenvalue weighted by atomic mass is 16.4. The standard InChI is InChI=1S/C16H15N3O2/c1-11-5-7-12(8-6-11)19-15(16(20)21)10-13(17-19)14-4-3-9-18(14)2/h3-10H,1-2H3,(H,20,21). The van der Waals surface area contributed by atoms with E-state index in [9.17, 15) is 9.90 Å². The monoisotopic (exact) mass is 281 g/mol. The van der Waals surface area contributed by atoms with Gasteiger partial charge in [-0.2, -0.15) is 5.10 Å². The summed E-state index contributed by atoms with van der Waals surface area (Å²) in [4.78, 5) is 11.5. The lowest BCUT2D eigenvalue weighted by molar-refractivity contribution is 0.0687. The van der Waals surface area contributed by atoms with Gasteiger partial charge in [0.25, 0.3) is 0 Å². The second-order valence-corrected chi connectivity index (χ2v) is 4.97. The van der Waals surface area contributed by atoms with E-state index >= 15 is 0 Å². The second kappa shape index (κ2) is 4.94. The molecule has 0 spiro atoms. The quantitative estimate of drug-likeness (QED) is 0.803. The Bertz CT molecular complexity index is 797. The fourth-order valence-electron chi connectivity index (χ4n) is 2.27. The number of hydrogen-bond donors (Lipinski definition) is 1. The molecule has 0 saturated heterocycles. The zero-order valence-electron chi connectivity index (χ0n) is 11.8. The van der Waals surface area contributed by atoms with Gasteiger partial charge in [-0.05, 0) is 31.2 Å². The van der Waals surface area contributed by atoms with Crippen molar-refractivity contribution in [3.8, 4) is 17.1 Å². The van der Waals surface area contributed by atoms with Gasteiger partial charge in [0.05, 0.1) is 11.4 Å². The number of carbonyl (C=O) groups is 1. The number of nitrogens with zero attached hydrogens (tertiary/aromatic N) is 3. The number of carboxylic acid groups (broad SMARTS) is 1. The molecule has 3 rings (SSSR count). The summed E-state index contributed by atoms with van der Waals surface area (Å²) in [5.74, 6) is -0.997. The minimum atomic E-state index is -0.997. The highest BCUT2D eigenvalue weighted by Gasteiger charge is 2.17. The first kappa shape index (κ1) is 13.2. The third-order valence-electron chi connectivity index (χ3n) is 3.41. The summed E-state index contributed by atoms with van der Waals surface area (Å²) in [5.41, 5.74) is 3.52. The Hall–Kier alpha value is -2.82. The van der Waals surface area contributed by atoms with Crippen LogP contribution < -0.4 is 0 Å². The molecule has 0 bridgehead atoms. The lowest BCUT2D eigenvalue weighted by Crippen LogP contribution is -2.07. The van der Waals surface area contributed by atoms with Crippen LogP contribution in [0.2, 0.25) is 0 Å². The molecule has 2 aromatic heterocycles. The third-order valence-corrected chi connectivity index (χ3v) is 3.41. The Morgan fingerprint density at radius 1 is 1.19 bits per heavy atom. The number of rotatable bonds is 3. The number of aromatic carboxylic acids is 1. The average Bonchev–Trinajstić information content (AvgIpc) is 3.05. The second-order valence-electron chi connectivity index (χ2n) is 4.97. The molecule has 0 fully saturated rings. The van der Waals surface area contributed by atoms with E-state index in [0.29, 0.717) is 5.69 Å². The van der Waals surface area contributed by atoms with Crippen molar-refractivity contribution in [3.05, 3.63) is 59.9 Å². The van der Waals surface area contributed by atoms with Crippen molar-refractivity contribution in [3.63, 3.8) is 0 Å². The number of aryl methyl sites for hydroxylation is 2. The van der Waals surface area contributed by atoms with Crippen LogP contribution in [0, 0.1) is 6.92 Å². The smallest absolute Gasteiger partial charge is 0.354 e. The Kier molecular flexibility index (Phi) is 3.10. The van der Waals surface area contributed by atoms with Crippen LogP contribution in [0.4, 0.5) is 0 Å². The molecule has 3 aromatic rings. The Morgan fingerprint density at radius 2 is 1.90 bits per heavy atom. The van der Waals surface area contributed by atoms with E-state index in [-0.39, 0.29) is 5.69 Å². The third kappa shape index (κ3) is 2.33. The molecule has 0 aliphatic carbocycles. The van der Waals surface area contributed by atoms with Gasteiger partial charge >= 0.3 is 5.97 Å². The predicted octanol–water partition coefficient (Wildman–Crippen LogP) is 2.88. The lowest BCUT2D eigenvalue weighted by atomic mass is 10.2. The minimum Gasteiger partial charge on any atom is -0.477 e. The normalized spacial score (nSPS) is 10.8. The van der Waals surface area contributed by atoms with Gasteiger partial charge in [0.15, 0.2) is 5.69 Å². The molecule has 0 radical (unpaired) electrons. The largest absolute Gasteiger partial charge is 0.477 e. The molecule has 1 N–H and O–H groups in total. The first-order chi connectivity index (χ1) is 10.1. The molecule has 2 heterocycles. The fourth-order valence-corrected chi connectivity index (χ4v) is 2.27. The molecule has 21 heavy (non-hydrogen) atoms. The molecular formula is C16H15N3O2. The molecule has 0 amide bonds. The van der Waals surface area contributed by atoms with E-state index in [4.69, 9.17) is 0 Å². The fraction of sp³-hybridized carbons (Fsp3) is 0.125. The summed E-state index contributed by atoms with van der Waals surface area (Å²) < 4.78 is 3.37. The van der Waals surface area contributed by atoms with Gasteiger partial charge in [-0.3, -0.25) is 0 Å². The molecule has 0 saturated carbocycles. The SMILES string of the molecule is Cc1ccc(-n2nc(-c3cccn3C)cc2C(=O)O)cc1. The summed E-state index contributed by atoms with van der Waals surface area (Å²) in [5, 5.41) is 13.8. The summed E-state index contributed by atoms with van der Waals surface area (Å²) in [6.45, 7) is 1.99. The van der Waals surface area contributed by atoms with E-state index in [1.807, 2.05) is 61.1 Å². The predicted molar refractivity (Wildman–Crippen MR) is 79.7 cm³/mol. The van der Waals surface area contributed by atoms with Crippen molar-refractivity contribution in [1.29, 1.82) is 0 Å².